The highest BCUT2D eigenvalue weighted by atomic mass is 32.2. The first-order chi connectivity index (χ1) is 9.31. The molecule has 1 atom stereocenters. The van der Waals surface area contributed by atoms with E-state index in [1.165, 1.54) is 37.9 Å². The highest BCUT2D eigenvalue weighted by Gasteiger charge is 2.28. The topological polar surface area (TPSA) is 20.3 Å². The molecule has 0 bridgehead atoms. The summed E-state index contributed by atoms with van der Waals surface area (Å²) in [6.45, 7) is 5.49. The molecule has 2 nitrogen and oxygen atoms in total. The molecule has 1 amide bonds. The van der Waals surface area contributed by atoms with Crippen molar-refractivity contribution in [3.05, 3.63) is 12.7 Å². The second-order valence-electron chi connectivity index (χ2n) is 5.47. The number of amides is 1. The van der Waals surface area contributed by atoms with Gasteiger partial charge in [0.1, 0.15) is 0 Å². The van der Waals surface area contributed by atoms with Gasteiger partial charge in [-0.15, -0.1) is 18.3 Å². The van der Waals surface area contributed by atoms with Gasteiger partial charge < -0.3 is 4.90 Å². The number of hydrogen-bond donors (Lipinski definition) is 0. The van der Waals surface area contributed by atoms with Crippen LogP contribution in [0.25, 0.3) is 0 Å². The van der Waals surface area contributed by atoms with Crippen LogP contribution in [0.3, 0.4) is 0 Å². The predicted octanol–water partition coefficient (Wildman–Crippen LogP) is 3.43. The Labute approximate surface area is 125 Å². The van der Waals surface area contributed by atoms with E-state index in [0.29, 0.717) is 5.91 Å². The molecule has 1 saturated heterocycles. The van der Waals surface area contributed by atoms with Gasteiger partial charge in [-0.1, -0.05) is 25.3 Å². The number of hydrogen-bond acceptors (Lipinski definition) is 3. The third-order valence-corrected chi connectivity index (χ3v) is 6.70. The normalized spacial score (nSPS) is 24.9. The summed E-state index contributed by atoms with van der Waals surface area (Å²) in [5.41, 5.74) is 0. The molecule has 1 aliphatic carbocycles. The second kappa shape index (κ2) is 8.25. The van der Waals surface area contributed by atoms with Gasteiger partial charge in [0, 0.05) is 30.3 Å². The molecule has 2 fully saturated rings. The van der Waals surface area contributed by atoms with Crippen LogP contribution < -0.4 is 0 Å². The molecule has 0 unspecified atom stereocenters. The molecule has 4 heteroatoms. The Morgan fingerprint density at radius 1 is 1.26 bits per heavy atom. The molecule has 19 heavy (non-hydrogen) atoms. The van der Waals surface area contributed by atoms with Crippen molar-refractivity contribution < 1.29 is 4.79 Å². The third-order valence-electron chi connectivity index (χ3n) is 3.96. The zero-order valence-electron chi connectivity index (χ0n) is 11.7. The third kappa shape index (κ3) is 4.75. The quantitative estimate of drug-likeness (QED) is 0.725. The number of rotatable bonds is 5. The highest BCUT2D eigenvalue weighted by molar-refractivity contribution is 8.07. The van der Waals surface area contributed by atoms with Gasteiger partial charge in [0.15, 0.2) is 0 Å². The van der Waals surface area contributed by atoms with Gasteiger partial charge in [-0.05, 0) is 18.8 Å². The molecular formula is C15H25NOS2. The maximum atomic E-state index is 12.6. The molecule has 2 aliphatic rings. The van der Waals surface area contributed by atoms with Crippen molar-refractivity contribution in [1.82, 2.24) is 4.90 Å². The predicted molar refractivity (Wildman–Crippen MR) is 86.9 cm³/mol. The summed E-state index contributed by atoms with van der Waals surface area (Å²) in [7, 11) is 0. The van der Waals surface area contributed by atoms with Crippen LogP contribution in [0.5, 0.6) is 0 Å². The zero-order chi connectivity index (χ0) is 13.5. The Morgan fingerprint density at radius 2 is 2.05 bits per heavy atom. The first-order valence-electron chi connectivity index (χ1n) is 7.40. The number of carbonyl (C=O) groups excluding carboxylic acids is 1. The van der Waals surface area contributed by atoms with Crippen LogP contribution in [0.2, 0.25) is 0 Å². The fourth-order valence-corrected chi connectivity index (χ4v) is 5.56. The number of thioether (sulfide) groups is 2. The minimum atomic E-state index is 0.183. The monoisotopic (exact) mass is 299 g/mol. The largest absolute Gasteiger partial charge is 0.338 e. The lowest BCUT2D eigenvalue weighted by Crippen LogP contribution is -2.43. The first-order valence-corrected chi connectivity index (χ1v) is 9.60. The Bertz CT molecular complexity index is 297. The SMILES string of the molecule is C=CCN(CC1CCCCC1)C(=O)[C@@H]1CSCCS1. The van der Waals surface area contributed by atoms with E-state index in [2.05, 4.69) is 11.5 Å². The Kier molecular flexibility index (Phi) is 6.65. The van der Waals surface area contributed by atoms with Crippen LogP contribution >= 0.6 is 23.5 Å². The summed E-state index contributed by atoms with van der Waals surface area (Å²) in [5, 5.41) is 0.183. The summed E-state index contributed by atoms with van der Waals surface area (Å²) in [6.07, 6.45) is 8.53. The van der Waals surface area contributed by atoms with Crippen molar-refractivity contribution in [1.29, 1.82) is 0 Å². The van der Waals surface area contributed by atoms with Gasteiger partial charge in [-0.2, -0.15) is 11.8 Å². The van der Waals surface area contributed by atoms with Crippen LogP contribution in [0.4, 0.5) is 0 Å². The van der Waals surface area contributed by atoms with Crippen molar-refractivity contribution >= 4 is 29.4 Å². The Hall–Kier alpha value is -0.0900. The standard InChI is InChI=1S/C15H25NOS2/c1-2-8-16(11-13-6-4-3-5-7-13)15(17)14-12-18-9-10-19-14/h2,13-14H,1,3-12H2/t14-/m0/s1. The van der Waals surface area contributed by atoms with Crippen LogP contribution in [0.15, 0.2) is 12.7 Å². The molecule has 2 rings (SSSR count). The van der Waals surface area contributed by atoms with E-state index in [1.807, 2.05) is 29.6 Å². The summed E-state index contributed by atoms with van der Waals surface area (Å²) < 4.78 is 0. The van der Waals surface area contributed by atoms with E-state index in [-0.39, 0.29) is 5.25 Å². The second-order valence-corrected chi connectivity index (χ2v) is 7.93. The fraction of sp³-hybridized carbons (Fsp3) is 0.800. The molecular weight excluding hydrogens is 274 g/mol. The highest BCUT2D eigenvalue weighted by Crippen LogP contribution is 2.28. The van der Waals surface area contributed by atoms with Crippen molar-refractivity contribution in [2.45, 2.75) is 37.4 Å². The molecule has 0 aromatic carbocycles. The van der Waals surface area contributed by atoms with Crippen LogP contribution in [0, 0.1) is 5.92 Å². The Morgan fingerprint density at radius 3 is 2.68 bits per heavy atom. The molecule has 0 N–H and O–H groups in total. The van der Waals surface area contributed by atoms with Gasteiger partial charge in [0.25, 0.3) is 0 Å². The lowest BCUT2D eigenvalue weighted by atomic mass is 9.89. The Balaban J connectivity index is 1.89. The van der Waals surface area contributed by atoms with Crippen LogP contribution in [-0.2, 0) is 4.79 Å². The lowest BCUT2D eigenvalue weighted by molar-refractivity contribution is -0.130. The van der Waals surface area contributed by atoms with Crippen LogP contribution in [-0.4, -0.2) is 46.4 Å². The van der Waals surface area contributed by atoms with E-state index < -0.39 is 0 Å². The lowest BCUT2D eigenvalue weighted by Gasteiger charge is -2.32. The minimum Gasteiger partial charge on any atom is -0.338 e. The summed E-state index contributed by atoms with van der Waals surface area (Å²) >= 11 is 3.76. The molecule has 108 valence electrons. The summed E-state index contributed by atoms with van der Waals surface area (Å²) in [4.78, 5) is 14.7. The van der Waals surface area contributed by atoms with E-state index in [0.717, 1.165) is 30.5 Å². The molecule has 1 aliphatic heterocycles. The van der Waals surface area contributed by atoms with E-state index in [4.69, 9.17) is 0 Å². The van der Waals surface area contributed by atoms with Gasteiger partial charge in [0.05, 0.1) is 5.25 Å². The maximum Gasteiger partial charge on any atom is 0.236 e. The van der Waals surface area contributed by atoms with Gasteiger partial charge in [-0.25, -0.2) is 0 Å². The van der Waals surface area contributed by atoms with Gasteiger partial charge >= 0.3 is 0 Å². The van der Waals surface area contributed by atoms with Gasteiger partial charge in [-0.3, -0.25) is 4.79 Å². The van der Waals surface area contributed by atoms with E-state index in [1.54, 1.807) is 0 Å². The van der Waals surface area contributed by atoms with Gasteiger partial charge in [0.2, 0.25) is 5.91 Å². The average molecular weight is 300 g/mol. The summed E-state index contributed by atoms with van der Waals surface area (Å²) in [6, 6.07) is 0. The molecule has 0 aromatic rings. The number of carbonyl (C=O) groups is 1. The molecule has 0 aromatic heterocycles. The number of nitrogens with zero attached hydrogens (tertiary/aromatic N) is 1. The van der Waals surface area contributed by atoms with Crippen molar-refractivity contribution in [3.63, 3.8) is 0 Å². The van der Waals surface area contributed by atoms with Crippen molar-refractivity contribution in [2.75, 3.05) is 30.3 Å². The van der Waals surface area contributed by atoms with Crippen molar-refractivity contribution in [3.8, 4) is 0 Å². The maximum absolute atomic E-state index is 12.6. The smallest absolute Gasteiger partial charge is 0.236 e. The van der Waals surface area contributed by atoms with E-state index >= 15 is 0 Å². The molecule has 1 saturated carbocycles. The van der Waals surface area contributed by atoms with E-state index in [9.17, 15) is 4.79 Å². The van der Waals surface area contributed by atoms with Crippen LogP contribution in [0.1, 0.15) is 32.1 Å². The molecule has 0 radical (unpaired) electrons. The average Bonchev–Trinajstić information content (AvgIpc) is 2.48. The fourth-order valence-electron chi connectivity index (χ4n) is 2.93. The minimum absolute atomic E-state index is 0.183. The zero-order valence-corrected chi connectivity index (χ0v) is 13.3. The van der Waals surface area contributed by atoms with Crippen molar-refractivity contribution in [2.24, 2.45) is 5.92 Å². The summed E-state index contributed by atoms with van der Waals surface area (Å²) in [5.74, 6) is 4.37. The molecule has 0 spiro atoms. The first kappa shape index (κ1) is 15.3. The molecule has 1 heterocycles.